The third-order valence-electron chi connectivity index (χ3n) is 2.57. The Kier molecular flexibility index (Phi) is 7.42. The number of carbonyl (C=O) groups is 1. The third kappa shape index (κ3) is 13.5. The van der Waals surface area contributed by atoms with Crippen molar-refractivity contribution >= 4 is 6.09 Å². The Morgan fingerprint density at radius 3 is 2.16 bits per heavy atom. The average molecular weight is 272 g/mol. The van der Waals surface area contributed by atoms with Gasteiger partial charge in [-0.3, -0.25) is 0 Å². The third-order valence-corrected chi connectivity index (χ3v) is 2.57. The molecule has 0 aromatic carbocycles. The summed E-state index contributed by atoms with van der Waals surface area (Å²) in [5, 5.41) is 6.24. The predicted molar refractivity (Wildman–Crippen MR) is 80.4 cm³/mol. The second-order valence-electron chi connectivity index (χ2n) is 7.40. The van der Waals surface area contributed by atoms with Crippen LogP contribution in [0.3, 0.4) is 0 Å². The van der Waals surface area contributed by atoms with Crippen molar-refractivity contribution in [1.29, 1.82) is 0 Å². The van der Waals surface area contributed by atoms with Crippen LogP contribution in [0.25, 0.3) is 0 Å². The summed E-state index contributed by atoms with van der Waals surface area (Å²) in [7, 11) is 0. The molecule has 0 fully saturated rings. The van der Waals surface area contributed by atoms with Crippen LogP contribution in [0.15, 0.2) is 0 Å². The first-order chi connectivity index (χ1) is 8.49. The summed E-state index contributed by atoms with van der Waals surface area (Å²) < 4.78 is 5.21. The van der Waals surface area contributed by atoms with Crippen LogP contribution < -0.4 is 10.6 Å². The van der Waals surface area contributed by atoms with Crippen LogP contribution in [0.2, 0.25) is 0 Å². The van der Waals surface area contributed by atoms with Gasteiger partial charge in [0, 0.05) is 6.04 Å². The summed E-state index contributed by atoms with van der Waals surface area (Å²) >= 11 is 0. The highest BCUT2D eigenvalue weighted by Gasteiger charge is 2.17. The normalized spacial score (nSPS) is 14.1. The van der Waals surface area contributed by atoms with Gasteiger partial charge in [-0.1, -0.05) is 20.8 Å². The second kappa shape index (κ2) is 7.73. The van der Waals surface area contributed by atoms with Gasteiger partial charge in [-0.25, -0.2) is 4.79 Å². The minimum Gasteiger partial charge on any atom is -0.444 e. The van der Waals surface area contributed by atoms with Crippen molar-refractivity contribution in [2.45, 2.75) is 73.0 Å². The van der Waals surface area contributed by atoms with E-state index < -0.39 is 5.60 Å². The summed E-state index contributed by atoms with van der Waals surface area (Å²) in [6.07, 6.45) is 1.72. The molecule has 4 heteroatoms. The molecular formula is C15H32N2O2. The minimum absolute atomic E-state index is 0.122. The number of hydrogen-bond donors (Lipinski definition) is 2. The van der Waals surface area contributed by atoms with E-state index in [0.29, 0.717) is 5.41 Å². The number of nitrogens with one attached hydrogen (secondary N) is 2. The van der Waals surface area contributed by atoms with Crippen molar-refractivity contribution in [2.75, 3.05) is 13.1 Å². The molecule has 0 aliphatic heterocycles. The molecule has 19 heavy (non-hydrogen) atoms. The first kappa shape index (κ1) is 18.2. The lowest BCUT2D eigenvalue weighted by molar-refractivity contribution is 0.0506. The van der Waals surface area contributed by atoms with Gasteiger partial charge in [-0.2, -0.15) is 0 Å². The van der Waals surface area contributed by atoms with Gasteiger partial charge in [0.05, 0.1) is 0 Å². The van der Waals surface area contributed by atoms with Crippen molar-refractivity contribution in [3.8, 4) is 0 Å². The van der Waals surface area contributed by atoms with E-state index >= 15 is 0 Å². The Bertz CT molecular complexity index is 264. The average Bonchev–Trinajstić information content (AvgIpc) is 2.11. The van der Waals surface area contributed by atoms with Crippen LogP contribution in [-0.4, -0.2) is 30.8 Å². The largest absolute Gasteiger partial charge is 0.444 e. The van der Waals surface area contributed by atoms with Crippen molar-refractivity contribution in [1.82, 2.24) is 10.6 Å². The number of alkyl carbamates (subject to hydrolysis) is 1. The van der Waals surface area contributed by atoms with E-state index in [1.165, 1.54) is 0 Å². The maximum Gasteiger partial charge on any atom is 0.407 e. The molecular weight excluding hydrogens is 240 g/mol. The molecule has 2 N–H and O–H groups in total. The molecule has 0 rings (SSSR count). The zero-order valence-corrected chi connectivity index (χ0v) is 13.7. The summed E-state index contributed by atoms with van der Waals surface area (Å²) in [6.45, 7) is 16.2. The minimum atomic E-state index is -0.436. The van der Waals surface area contributed by atoms with Gasteiger partial charge in [-0.15, -0.1) is 0 Å². The first-order valence-corrected chi connectivity index (χ1v) is 7.20. The fourth-order valence-electron chi connectivity index (χ4n) is 1.49. The van der Waals surface area contributed by atoms with Crippen LogP contribution in [0.4, 0.5) is 4.79 Å². The molecule has 1 atom stereocenters. The van der Waals surface area contributed by atoms with Crippen LogP contribution in [-0.2, 0) is 4.74 Å². The molecule has 0 aliphatic carbocycles. The lowest BCUT2D eigenvalue weighted by Gasteiger charge is -2.22. The van der Waals surface area contributed by atoms with Crippen molar-refractivity contribution in [3.05, 3.63) is 0 Å². The Labute approximate surface area is 118 Å². The van der Waals surface area contributed by atoms with E-state index in [-0.39, 0.29) is 12.1 Å². The van der Waals surface area contributed by atoms with E-state index in [1.807, 2.05) is 27.7 Å². The lowest BCUT2D eigenvalue weighted by atomic mass is 9.92. The zero-order valence-electron chi connectivity index (χ0n) is 13.7. The van der Waals surface area contributed by atoms with Crippen LogP contribution in [0.1, 0.15) is 61.3 Å². The zero-order chi connectivity index (χ0) is 15.1. The molecule has 0 aromatic rings. The highest BCUT2D eigenvalue weighted by atomic mass is 16.6. The summed E-state index contributed by atoms with van der Waals surface area (Å²) in [5.74, 6) is 0. The van der Waals surface area contributed by atoms with Crippen molar-refractivity contribution < 1.29 is 9.53 Å². The summed E-state index contributed by atoms with van der Waals surface area (Å²) in [6, 6.07) is 0.122. The van der Waals surface area contributed by atoms with E-state index in [2.05, 4.69) is 31.4 Å². The molecule has 0 saturated heterocycles. The van der Waals surface area contributed by atoms with Gasteiger partial charge < -0.3 is 15.4 Å². The van der Waals surface area contributed by atoms with Gasteiger partial charge in [-0.05, 0) is 59.0 Å². The highest BCUT2D eigenvalue weighted by Crippen LogP contribution is 2.16. The number of rotatable bonds is 6. The molecule has 0 bridgehead atoms. The SMILES string of the molecule is CC(CCNCCC(C)(C)C)NC(=O)OC(C)(C)C. The predicted octanol–water partition coefficient (Wildman–Crippen LogP) is 3.32. The monoisotopic (exact) mass is 272 g/mol. The van der Waals surface area contributed by atoms with Gasteiger partial charge in [0.1, 0.15) is 5.60 Å². The Balaban J connectivity index is 3.65. The van der Waals surface area contributed by atoms with E-state index in [9.17, 15) is 4.79 Å². The molecule has 1 amide bonds. The Morgan fingerprint density at radius 2 is 1.68 bits per heavy atom. The number of amides is 1. The van der Waals surface area contributed by atoms with Gasteiger partial charge in [0.2, 0.25) is 0 Å². The number of hydrogen-bond acceptors (Lipinski definition) is 3. The van der Waals surface area contributed by atoms with Crippen molar-refractivity contribution in [2.24, 2.45) is 5.41 Å². The number of carbonyl (C=O) groups excluding carboxylic acids is 1. The van der Waals surface area contributed by atoms with E-state index in [4.69, 9.17) is 4.74 Å². The standard InChI is InChI=1S/C15H32N2O2/c1-12(17-13(18)19-15(5,6)7)8-10-16-11-9-14(2,3)4/h12,16H,8-11H2,1-7H3,(H,17,18). The molecule has 1 unspecified atom stereocenters. The maximum absolute atomic E-state index is 11.5. The quantitative estimate of drug-likeness (QED) is 0.729. The summed E-state index contributed by atoms with van der Waals surface area (Å²) in [5.41, 5.74) is -0.0673. The molecule has 4 nitrogen and oxygen atoms in total. The molecule has 0 radical (unpaired) electrons. The van der Waals surface area contributed by atoms with Crippen LogP contribution in [0.5, 0.6) is 0 Å². The molecule has 0 spiro atoms. The maximum atomic E-state index is 11.5. The summed E-state index contributed by atoms with van der Waals surface area (Å²) in [4.78, 5) is 11.5. The second-order valence-corrected chi connectivity index (χ2v) is 7.40. The topological polar surface area (TPSA) is 50.4 Å². The molecule has 0 heterocycles. The van der Waals surface area contributed by atoms with E-state index in [0.717, 1.165) is 25.9 Å². The van der Waals surface area contributed by atoms with E-state index in [1.54, 1.807) is 0 Å². The van der Waals surface area contributed by atoms with Gasteiger partial charge in [0.15, 0.2) is 0 Å². The fourth-order valence-corrected chi connectivity index (χ4v) is 1.49. The smallest absolute Gasteiger partial charge is 0.407 e. The first-order valence-electron chi connectivity index (χ1n) is 7.20. The Hall–Kier alpha value is -0.770. The lowest BCUT2D eigenvalue weighted by Crippen LogP contribution is -2.39. The molecule has 0 aliphatic rings. The highest BCUT2D eigenvalue weighted by molar-refractivity contribution is 5.67. The van der Waals surface area contributed by atoms with Crippen molar-refractivity contribution in [3.63, 3.8) is 0 Å². The van der Waals surface area contributed by atoms with Crippen LogP contribution >= 0.6 is 0 Å². The fraction of sp³-hybridized carbons (Fsp3) is 0.933. The Morgan fingerprint density at radius 1 is 1.11 bits per heavy atom. The van der Waals surface area contributed by atoms with Gasteiger partial charge >= 0.3 is 6.09 Å². The van der Waals surface area contributed by atoms with Gasteiger partial charge in [0.25, 0.3) is 0 Å². The number of ether oxygens (including phenoxy) is 1. The van der Waals surface area contributed by atoms with Crippen LogP contribution in [0, 0.1) is 5.41 Å². The molecule has 0 aromatic heterocycles. The molecule has 114 valence electrons. The molecule has 0 saturated carbocycles.